The molecule has 4 aromatic rings. The molecular weight excluding hydrogens is 389 g/mol. The van der Waals surface area contributed by atoms with Crippen molar-refractivity contribution in [2.24, 2.45) is 0 Å². The molecule has 136 valence electrons. The molecule has 0 amide bonds. The minimum atomic E-state index is -0.376. The second kappa shape index (κ2) is 7.42. The molecular formula is C18H13ClFN5OS. The van der Waals surface area contributed by atoms with Gasteiger partial charge in [0.1, 0.15) is 11.6 Å². The van der Waals surface area contributed by atoms with Gasteiger partial charge in [0, 0.05) is 23.4 Å². The van der Waals surface area contributed by atoms with Crippen molar-refractivity contribution in [1.29, 1.82) is 0 Å². The van der Waals surface area contributed by atoms with Crippen LogP contribution in [0, 0.1) is 10.6 Å². The molecule has 2 aromatic heterocycles. The van der Waals surface area contributed by atoms with E-state index >= 15 is 0 Å². The minimum absolute atomic E-state index is 0.322. The second-order valence-electron chi connectivity index (χ2n) is 5.75. The van der Waals surface area contributed by atoms with Crippen molar-refractivity contribution < 1.29 is 8.91 Å². The Hall–Kier alpha value is -2.84. The van der Waals surface area contributed by atoms with E-state index in [0.29, 0.717) is 45.9 Å². The highest BCUT2D eigenvalue weighted by Gasteiger charge is 2.14. The lowest BCUT2D eigenvalue weighted by Gasteiger charge is -2.06. The Morgan fingerprint density at radius 3 is 2.67 bits per heavy atom. The molecule has 0 unspecified atom stereocenters. The predicted octanol–water partition coefficient (Wildman–Crippen LogP) is 4.56. The molecule has 27 heavy (non-hydrogen) atoms. The lowest BCUT2D eigenvalue weighted by molar-refractivity contribution is 0.378. The lowest BCUT2D eigenvalue weighted by Crippen LogP contribution is -2.05. The van der Waals surface area contributed by atoms with Crippen molar-refractivity contribution >= 4 is 23.8 Å². The van der Waals surface area contributed by atoms with Gasteiger partial charge >= 0.3 is 0 Å². The Kier molecular flexibility index (Phi) is 4.83. The second-order valence-corrected chi connectivity index (χ2v) is 6.57. The number of nitrogens with one attached hydrogen (secondary N) is 1. The molecule has 0 fully saturated rings. The molecule has 0 bridgehead atoms. The summed E-state index contributed by atoms with van der Waals surface area (Å²) in [6.45, 7) is 0. The highest BCUT2D eigenvalue weighted by molar-refractivity contribution is 7.71. The number of aryl methyl sites for hydroxylation is 2. The minimum Gasteiger partial charge on any atom is -0.339 e. The molecule has 6 nitrogen and oxygen atoms in total. The van der Waals surface area contributed by atoms with Gasteiger partial charge in [0.25, 0.3) is 0 Å². The standard InChI is InChI=1S/C18H13ClFN5OS/c19-12-7-5-11(6-8-12)17-21-16(26-24-17)10-9-15-22-23-18(27)25(15)14-4-2-1-3-13(14)20/h1-8H,9-10H2,(H,23,27). The maximum atomic E-state index is 14.1. The molecule has 4 rings (SSSR count). The summed E-state index contributed by atoms with van der Waals surface area (Å²) in [4.78, 5) is 4.38. The Morgan fingerprint density at radius 2 is 1.89 bits per heavy atom. The van der Waals surface area contributed by atoms with E-state index in [1.807, 2.05) is 12.1 Å². The van der Waals surface area contributed by atoms with E-state index in [2.05, 4.69) is 20.3 Å². The molecule has 9 heteroatoms. The fourth-order valence-corrected chi connectivity index (χ4v) is 3.05. The molecule has 1 N–H and O–H groups in total. The third kappa shape index (κ3) is 3.67. The van der Waals surface area contributed by atoms with Gasteiger partial charge in [-0.2, -0.15) is 10.1 Å². The van der Waals surface area contributed by atoms with Crippen molar-refractivity contribution in [1.82, 2.24) is 24.9 Å². The van der Waals surface area contributed by atoms with E-state index in [1.54, 1.807) is 34.9 Å². The average Bonchev–Trinajstić information content (AvgIpc) is 3.28. The van der Waals surface area contributed by atoms with Crippen LogP contribution in [-0.2, 0) is 12.8 Å². The van der Waals surface area contributed by atoms with Crippen LogP contribution in [0.5, 0.6) is 0 Å². The van der Waals surface area contributed by atoms with Crippen molar-refractivity contribution in [3.8, 4) is 17.1 Å². The molecule has 0 radical (unpaired) electrons. The number of para-hydroxylation sites is 1. The number of hydrogen-bond donors (Lipinski definition) is 1. The molecule has 0 atom stereocenters. The van der Waals surface area contributed by atoms with Crippen LogP contribution < -0.4 is 0 Å². The Balaban J connectivity index is 1.55. The number of hydrogen-bond acceptors (Lipinski definition) is 5. The highest BCUT2D eigenvalue weighted by Crippen LogP contribution is 2.20. The van der Waals surface area contributed by atoms with E-state index in [4.69, 9.17) is 28.3 Å². The van der Waals surface area contributed by atoms with Crippen molar-refractivity contribution in [3.63, 3.8) is 0 Å². The summed E-state index contributed by atoms with van der Waals surface area (Å²) in [7, 11) is 0. The maximum Gasteiger partial charge on any atom is 0.227 e. The number of aromatic amines is 1. The zero-order valence-corrected chi connectivity index (χ0v) is 15.5. The van der Waals surface area contributed by atoms with Gasteiger partial charge in [-0.05, 0) is 48.6 Å². The predicted molar refractivity (Wildman–Crippen MR) is 101 cm³/mol. The summed E-state index contributed by atoms with van der Waals surface area (Å²) in [5, 5.41) is 11.5. The quantitative estimate of drug-likeness (QED) is 0.496. The van der Waals surface area contributed by atoms with Gasteiger partial charge < -0.3 is 4.52 Å². The Labute approximate surface area is 163 Å². The largest absolute Gasteiger partial charge is 0.339 e. The number of aromatic nitrogens is 5. The zero-order chi connectivity index (χ0) is 18.8. The first-order valence-corrected chi connectivity index (χ1v) is 8.90. The third-order valence-electron chi connectivity index (χ3n) is 3.97. The van der Waals surface area contributed by atoms with Gasteiger partial charge in [-0.3, -0.25) is 9.67 Å². The molecule has 0 aliphatic carbocycles. The number of nitrogens with zero attached hydrogens (tertiary/aromatic N) is 4. The molecule has 0 spiro atoms. The van der Waals surface area contributed by atoms with E-state index in [1.165, 1.54) is 6.07 Å². The fraction of sp³-hybridized carbons (Fsp3) is 0.111. The first-order chi connectivity index (χ1) is 13.1. The van der Waals surface area contributed by atoms with Crippen molar-refractivity contribution in [2.45, 2.75) is 12.8 Å². The van der Waals surface area contributed by atoms with Crippen LogP contribution in [-0.4, -0.2) is 24.9 Å². The summed E-state index contributed by atoms with van der Waals surface area (Å²) >= 11 is 11.1. The van der Waals surface area contributed by atoms with Gasteiger partial charge in [-0.15, -0.1) is 0 Å². The van der Waals surface area contributed by atoms with E-state index in [9.17, 15) is 4.39 Å². The molecule has 0 saturated carbocycles. The summed E-state index contributed by atoms with van der Waals surface area (Å²) < 4.78 is 21.3. The topological polar surface area (TPSA) is 72.5 Å². The van der Waals surface area contributed by atoms with Crippen LogP contribution in [0.1, 0.15) is 11.7 Å². The number of rotatable bonds is 5. The normalized spacial score (nSPS) is 11.0. The molecule has 0 aliphatic rings. The van der Waals surface area contributed by atoms with Crippen LogP contribution in [0.25, 0.3) is 17.1 Å². The van der Waals surface area contributed by atoms with Crippen LogP contribution >= 0.6 is 23.8 Å². The maximum absolute atomic E-state index is 14.1. The molecule has 0 saturated heterocycles. The first kappa shape index (κ1) is 17.6. The van der Waals surface area contributed by atoms with Gasteiger partial charge in [0.05, 0.1) is 5.69 Å². The smallest absolute Gasteiger partial charge is 0.227 e. The van der Waals surface area contributed by atoms with Crippen LogP contribution in [0.4, 0.5) is 4.39 Å². The van der Waals surface area contributed by atoms with Crippen LogP contribution in [0.15, 0.2) is 53.1 Å². The number of benzene rings is 2. The van der Waals surface area contributed by atoms with E-state index < -0.39 is 0 Å². The van der Waals surface area contributed by atoms with E-state index in [-0.39, 0.29) is 5.82 Å². The zero-order valence-electron chi connectivity index (χ0n) is 13.9. The van der Waals surface area contributed by atoms with Crippen molar-refractivity contribution in [3.05, 3.63) is 75.9 Å². The molecule has 0 aliphatic heterocycles. The lowest BCUT2D eigenvalue weighted by atomic mass is 10.2. The number of H-pyrrole nitrogens is 1. The Bertz CT molecular complexity index is 1140. The van der Waals surface area contributed by atoms with Gasteiger partial charge in [-0.25, -0.2) is 4.39 Å². The summed E-state index contributed by atoms with van der Waals surface area (Å²) in [5.74, 6) is 1.14. The third-order valence-corrected chi connectivity index (χ3v) is 4.49. The Morgan fingerprint density at radius 1 is 1.11 bits per heavy atom. The van der Waals surface area contributed by atoms with E-state index in [0.717, 1.165) is 5.56 Å². The highest BCUT2D eigenvalue weighted by atomic mass is 35.5. The van der Waals surface area contributed by atoms with Gasteiger partial charge in [0.15, 0.2) is 4.77 Å². The molecule has 2 heterocycles. The summed E-state index contributed by atoms with van der Waals surface area (Å²) in [5.41, 5.74) is 1.15. The van der Waals surface area contributed by atoms with Gasteiger partial charge in [-0.1, -0.05) is 28.9 Å². The van der Waals surface area contributed by atoms with Crippen molar-refractivity contribution in [2.75, 3.05) is 0 Å². The van der Waals surface area contributed by atoms with Crippen LogP contribution in [0.2, 0.25) is 5.02 Å². The average molecular weight is 402 g/mol. The van der Waals surface area contributed by atoms with Gasteiger partial charge in [0.2, 0.25) is 11.7 Å². The fourth-order valence-electron chi connectivity index (χ4n) is 2.67. The van der Waals surface area contributed by atoms with Crippen LogP contribution in [0.3, 0.4) is 0 Å². The summed E-state index contributed by atoms with van der Waals surface area (Å²) in [6, 6.07) is 13.6. The first-order valence-electron chi connectivity index (χ1n) is 8.11. The summed E-state index contributed by atoms with van der Waals surface area (Å²) in [6.07, 6.45) is 0.887. The SMILES string of the molecule is Fc1ccccc1-n1c(CCc2nc(-c3ccc(Cl)cc3)no2)n[nH]c1=S. The number of halogens is 2. The molecule has 2 aromatic carbocycles. The monoisotopic (exact) mass is 401 g/mol.